The fourth-order valence-electron chi connectivity index (χ4n) is 4.90. The first kappa shape index (κ1) is 27.8. The summed E-state index contributed by atoms with van der Waals surface area (Å²) in [5.74, 6) is -2.91. The van der Waals surface area contributed by atoms with Crippen LogP contribution in [0.25, 0.3) is 10.9 Å². The lowest BCUT2D eigenvalue weighted by Gasteiger charge is -2.30. The molecule has 4 rings (SSSR count). The van der Waals surface area contributed by atoms with Crippen molar-refractivity contribution in [2.75, 3.05) is 13.2 Å². The monoisotopic (exact) mass is 535 g/mol. The molecule has 39 heavy (non-hydrogen) atoms. The van der Waals surface area contributed by atoms with Gasteiger partial charge in [-0.1, -0.05) is 48.5 Å². The molecule has 1 aliphatic rings. The summed E-state index contributed by atoms with van der Waals surface area (Å²) in [6.07, 6.45) is 2.89. The molecule has 4 atom stereocenters. The Labute approximate surface area is 225 Å². The van der Waals surface area contributed by atoms with Gasteiger partial charge in [0.2, 0.25) is 17.7 Å². The number of fused-ring (bicyclic) bond motifs is 1. The minimum Gasteiger partial charge on any atom is -0.480 e. The highest BCUT2D eigenvalue weighted by molar-refractivity contribution is 5.95. The van der Waals surface area contributed by atoms with Crippen molar-refractivity contribution in [3.05, 3.63) is 71.9 Å². The third-order valence-corrected chi connectivity index (χ3v) is 6.98. The van der Waals surface area contributed by atoms with Gasteiger partial charge in [0.1, 0.15) is 24.2 Å². The van der Waals surface area contributed by atoms with Gasteiger partial charge in [0.15, 0.2) is 0 Å². The smallest absolute Gasteiger partial charge is 0.326 e. The van der Waals surface area contributed by atoms with E-state index in [1.807, 2.05) is 30.3 Å². The summed E-state index contributed by atoms with van der Waals surface area (Å²) in [6.45, 7) is -0.313. The number of amides is 3. The van der Waals surface area contributed by atoms with Gasteiger partial charge in [0.25, 0.3) is 0 Å². The highest BCUT2D eigenvalue weighted by Crippen LogP contribution is 2.23. The molecule has 1 aliphatic heterocycles. The largest absolute Gasteiger partial charge is 0.480 e. The van der Waals surface area contributed by atoms with Crippen molar-refractivity contribution in [1.82, 2.24) is 20.5 Å². The van der Waals surface area contributed by atoms with Crippen molar-refractivity contribution >= 4 is 34.6 Å². The van der Waals surface area contributed by atoms with Crippen LogP contribution >= 0.6 is 0 Å². The molecule has 2 aromatic carbocycles. The number of nitrogens with zero attached hydrogens (tertiary/aromatic N) is 1. The van der Waals surface area contributed by atoms with Crippen LogP contribution in [0, 0.1) is 0 Å². The van der Waals surface area contributed by atoms with Crippen LogP contribution in [0.15, 0.2) is 60.8 Å². The lowest BCUT2D eigenvalue weighted by molar-refractivity contribution is -0.145. The third kappa shape index (κ3) is 6.62. The molecule has 1 saturated heterocycles. The number of aromatic amines is 1. The van der Waals surface area contributed by atoms with E-state index in [2.05, 4.69) is 15.6 Å². The molecule has 0 saturated carbocycles. The normalized spacial score (nSPS) is 17.4. The number of para-hydroxylation sites is 1. The van der Waals surface area contributed by atoms with Crippen LogP contribution in [0.2, 0.25) is 0 Å². The van der Waals surface area contributed by atoms with Crippen molar-refractivity contribution in [3.8, 4) is 0 Å². The predicted molar refractivity (Wildman–Crippen MR) is 143 cm³/mol. The third-order valence-electron chi connectivity index (χ3n) is 6.98. The molecule has 0 radical (unpaired) electrons. The Balaban J connectivity index is 1.53. The number of hydrogen-bond donors (Lipinski definition) is 6. The van der Waals surface area contributed by atoms with Crippen LogP contribution in [0.3, 0.4) is 0 Å². The SMILES string of the molecule is NC(CO)C(=O)NC(Cc1c[nH]c2ccccc12)C(=O)N1CCCC1C(=O)NC(Cc1ccccc1)C(=O)O. The Hall–Kier alpha value is -4.22. The van der Waals surface area contributed by atoms with Crippen molar-refractivity contribution in [1.29, 1.82) is 0 Å². The van der Waals surface area contributed by atoms with Gasteiger partial charge in [-0.2, -0.15) is 0 Å². The number of H-pyrrole nitrogens is 1. The van der Waals surface area contributed by atoms with E-state index in [0.717, 1.165) is 22.0 Å². The number of aliphatic carboxylic acids is 1. The van der Waals surface area contributed by atoms with Crippen molar-refractivity contribution in [2.45, 2.75) is 49.9 Å². The summed E-state index contributed by atoms with van der Waals surface area (Å²) < 4.78 is 0. The predicted octanol–water partition coefficient (Wildman–Crippen LogP) is 0.318. The van der Waals surface area contributed by atoms with E-state index in [1.165, 1.54) is 4.90 Å². The first-order valence-electron chi connectivity index (χ1n) is 12.9. The number of nitrogens with two attached hydrogens (primary N) is 1. The number of aliphatic hydroxyl groups is 1. The average molecular weight is 536 g/mol. The van der Waals surface area contributed by atoms with Crippen molar-refractivity contribution in [3.63, 3.8) is 0 Å². The number of aromatic nitrogens is 1. The maximum atomic E-state index is 13.8. The quantitative estimate of drug-likeness (QED) is 0.205. The number of carboxylic acid groups (broad SMARTS) is 1. The maximum Gasteiger partial charge on any atom is 0.326 e. The van der Waals surface area contributed by atoms with Crippen LogP contribution in [-0.4, -0.2) is 81.1 Å². The summed E-state index contributed by atoms with van der Waals surface area (Å²) in [4.78, 5) is 56.0. The number of nitrogens with one attached hydrogen (secondary N) is 3. The molecule has 0 bridgehead atoms. The fourth-order valence-corrected chi connectivity index (χ4v) is 4.90. The Morgan fingerprint density at radius 3 is 2.44 bits per heavy atom. The zero-order valence-electron chi connectivity index (χ0n) is 21.4. The number of hydrogen-bond acceptors (Lipinski definition) is 6. The van der Waals surface area contributed by atoms with Crippen molar-refractivity contribution < 1.29 is 29.4 Å². The van der Waals surface area contributed by atoms with Crippen molar-refractivity contribution in [2.24, 2.45) is 5.73 Å². The van der Waals surface area contributed by atoms with Gasteiger partial charge in [0, 0.05) is 36.5 Å². The Morgan fingerprint density at radius 2 is 1.72 bits per heavy atom. The Bertz CT molecular complexity index is 1330. The van der Waals surface area contributed by atoms with Crippen LogP contribution < -0.4 is 16.4 Å². The first-order chi connectivity index (χ1) is 18.8. The zero-order chi connectivity index (χ0) is 27.9. The van der Waals surface area contributed by atoms with Gasteiger partial charge in [0.05, 0.1) is 6.61 Å². The first-order valence-corrected chi connectivity index (χ1v) is 12.9. The van der Waals surface area contributed by atoms with Gasteiger partial charge in [-0.15, -0.1) is 0 Å². The minimum atomic E-state index is -1.21. The molecular formula is C28H33N5O6. The van der Waals surface area contributed by atoms with Crippen LogP contribution in [0.4, 0.5) is 0 Å². The number of aliphatic hydroxyl groups excluding tert-OH is 1. The molecule has 3 amide bonds. The van der Waals surface area contributed by atoms with Gasteiger partial charge >= 0.3 is 5.97 Å². The van der Waals surface area contributed by atoms with E-state index in [4.69, 9.17) is 5.73 Å². The number of rotatable bonds is 11. The van der Waals surface area contributed by atoms with Gasteiger partial charge in [-0.3, -0.25) is 14.4 Å². The second-order valence-electron chi connectivity index (χ2n) is 9.69. The van der Waals surface area contributed by atoms with E-state index in [-0.39, 0.29) is 19.4 Å². The molecule has 11 nitrogen and oxygen atoms in total. The molecule has 2 heterocycles. The standard InChI is InChI=1S/C28H33N5O6/c29-20(16-34)25(35)31-22(14-18-15-30-21-10-5-4-9-19(18)21)27(37)33-12-6-11-24(33)26(36)32-23(28(38)39)13-17-7-2-1-3-8-17/h1-5,7-10,15,20,22-24,30,34H,6,11-14,16,29H2,(H,31,35)(H,32,36)(H,38,39). The number of benzene rings is 2. The molecule has 0 spiro atoms. The molecule has 7 N–H and O–H groups in total. The van der Waals surface area contributed by atoms with Crippen LogP contribution in [0.1, 0.15) is 24.0 Å². The molecule has 1 fully saturated rings. The van der Waals surface area contributed by atoms with Gasteiger partial charge < -0.3 is 36.5 Å². The molecule has 4 unspecified atom stereocenters. The molecule has 206 valence electrons. The Kier molecular flexibility index (Phi) is 8.95. The highest BCUT2D eigenvalue weighted by atomic mass is 16.4. The number of carbonyl (C=O) groups is 4. The van der Waals surface area contributed by atoms with E-state index < -0.39 is 54.5 Å². The average Bonchev–Trinajstić information content (AvgIpc) is 3.60. The summed E-state index contributed by atoms with van der Waals surface area (Å²) in [6, 6.07) is 12.2. The molecule has 3 aromatic rings. The maximum absolute atomic E-state index is 13.8. The minimum absolute atomic E-state index is 0.0981. The molecule has 11 heteroatoms. The van der Waals surface area contributed by atoms with E-state index in [1.54, 1.807) is 30.5 Å². The summed E-state index contributed by atoms with van der Waals surface area (Å²) in [7, 11) is 0. The topological polar surface area (TPSA) is 178 Å². The molecular weight excluding hydrogens is 502 g/mol. The second kappa shape index (κ2) is 12.5. The molecule has 0 aliphatic carbocycles. The van der Waals surface area contributed by atoms with Gasteiger partial charge in [-0.25, -0.2) is 4.79 Å². The number of carboxylic acids is 1. The summed E-state index contributed by atoms with van der Waals surface area (Å²) >= 11 is 0. The molecule has 1 aromatic heterocycles. The fraction of sp³-hybridized carbons (Fsp3) is 0.357. The van der Waals surface area contributed by atoms with Crippen LogP contribution in [0.5, 0.6) is 0 Å². The lowest BCUT2D eigenvalue weighted by atomic mass is 10.0. The Morgan fingerprint density at radius 1 is 1.00 bits per heavy atom. The lowest BCUT2D eigenvalue weighted by Crippen LogP contribution is -2.57. The van der Waals surface area contributed by atoms with E-state index in [9.17, 15) is 29.4 Å². The highest BCUT2D eigenvalue weighted by Gasteiger charge is 2.39. The number of carbonyl (C=O) groups excluding carboxylic acids is 3. The van der Waals surface area contributed by atoms with E-state index in [0.29, 0.717) is 12.8 Å². The van der Waals surface area contributed by atoms with E-state index >= 15 is 0 Å². The zero-order valence-corrected chi connectivity index (χ0v) is 21.4. The summed E-state index contributed by atoms with van der Waals surface area (Å²) in [5, 5.41) is 25.2. The van der Waals surface area contributed by atoms with Crippen LogP contribution in [-0.2, 0) is 32.0 Å². The van der Waals surface area contributed by atoms with Gasteiger partial charge in [-0.05, 0) is 30.0 Å². The second-order valence-corrected chi connectivity index (χ2v) is 9.69. The summed E-state index contributed by atoms with van der Waals surface area (Å²) in [5.41, 5.74) is 8.10. The number of likely N-dealkylation sites (tertiary alicyclic amines) is 1.